The minimum Gasteiger partial charge on any atom is -0.393 e. The Labute approximate surface area is 131 Å². The zero-order chi connectivity index (χ0) is 16.2. The maximum absolute atomic E-state index is 9.82. The molecule has 0 saturated heterocycles. The predicted molar refractivity (Wildman–Crippen MR) is 90.2 cm³/mol. The Morgan fingerprint density at radius 1 is 1.36 bits per heavy atom. The van der Waals surface area contributed by atoms with Gasteiger partial charge in [0.2, 0.25) is 0 Å². The van der Waals surface area contributed by atoms with Crippen LogP contribution in [0.2, 0.25) is 0 Å². The highest BCUT2D eigenvalue weighted by Gasteiger charge is 2.12. The number of hydrogen-bond acceptors (Lipinski definition) is 4. The van der Waals surface area contributed by atoms with Crippen LogP contribution in [0.25, 0.3) is 10.9 Å². The summed E-state index contributed by atoms with van der Waals surface area (Å²) in [5.41, 5.74) is 2.13. The van der Waals surface area contributed by atoms with Crippen LogP contribution in [0.3, 0.4) is 0 Å². The lowest BCUT2D eigenvalue weighted by atomic mass is 10.1. The molecule has 0 bridgehead atoms. The number of β-amino-alcohol motifs (C(OH)–C–C–N with tert-alkyl or cyclic N) is 1. The second-order valence-corrected chi connectivity index (χ2v) is 6.53. The van der Waals surface area contributed by atoms with Crippen LogP contribution >= 0.6 is 0 Å². The van der Waals surface area contributed by atoms with Gasteiger partial charge in [-0.2, -0.15) is 0 Å². The minimum atomic E-state index is -0.580. The number of fused-ring (bicyclic) bond motifs is 1. The second kappa shape index (κ2) is 6.94. The molecule has 1 aromatic carbocycles. The van der Waals surface area contributed by atoms with Crippen molar-refractivity contribution < 1.29 is 9.94 Å². The van der Waals surface area contributed by atoms with Crippen molar-refractivity contribution in [2.45, 2.75) is 32.4 Å². The average molecular weight is 303 g/mol. The number of hydrogen-bond donors (Lipinski definition) is 2. The van der Waals surface area contributed by atoms with Crippen molar-refractivity contribution in [2.24, 2.45) is 12.2 Å². The molecule has 0 saturated carbocycles. The third-order valence-corrected chi connectivity index (χ3v) is 3.33. The molecule has 5 heteroatoms. The van der Waals surface area contributed by atoms with E-state index in [-0.39, 0.29) is 12.1 Å². The summed E-state index contributed by atoms with van der Waals surface area (Å²) >= 11 is 0. The molecule has 0 radical (unpaired) electrons. The van der Waals surface area contributed by atoms with E-state index in [4.69, 9.17) is 4.84 Å². The van der Waals surface area contributed by atoms with Crippen molar-refractivity contribution in [1.82, 2.24) is 9.88 Å². The highest BCUT2D eigenvalue weighted by molar-refractivity contribution is 5.99. The number of oxime groups is 1. The number of benzene rings is 1. The summed E-state index contributed by atoms with van der Waals surface area (Å²) in [5, 5.41) is 18.1. The van der Waals surface area contributed by atoms with Gasteiger partial charge in [0.15, 0.2) is 0 Å². The predicted octanol–water partition coefficient (Wildman–Crippen LogP) is 2.28. The molecule has 2 aromatic rings. The fraction of sp³-hybridized carbons (Fsp3) is 0.471. The molecule has 0 aliphatic rings. The quantitative estimate of drug-likeness (QED) is 0.636. The van der Waals surface area contributed by atoms with E-state index < -0.39 is 6.10 Å². The molecule has 120 valence electrons. The lowest BCUT2D eigenvalue weighted by Crippen LogP contribution is -2.42. The van der Waals surface area contributed by atoms with Gasteiger partial charge in [0.05, 0.1) is 6.21 Å². The van der Waals surface area contributed by atoms with E-state index >= 15 is 0 Å². The molecule has 1 aromatic heterocycles. The molecule has 2 rings (SSSR count). The molecule has 1 heterocycles. The number of nitrogens with zero attached hydrogens (tertiary/aromatic N) is 2. The largest absolute Gasteiger partial charge is 0.393 e. The first-order valence-corrected chi connectivity index (χ1v) is 7.49. The molecule has 0 aliphatic heterocycles. The van der Waals surface area contributed by atoms with Crippen LogP contribution in [0.1, 0.15) is 26.3 Å². The lowest BCUT2D eigenvalue weighted by Gasteiger charge is -2.22. The van der Waals surface area contributed by atoms with Gasteiger partial charge in [0, 0.05) is 41.8 Å². The molecule has 22 heavy (non-hydrogen) atoms. The van der Waals surface area contributed by atoms with Gasteiger partial charge in [-0.15, -0.1) is 0 Å². The van der Waals surface area contributed by atoms with E-state index in [1.807, 2.05) is 25.4 Å². The van der Waals surface area contributed by atoms with Crippen LogP contribution in [0.5, 0.6) is 0 Å². The van der Waals surface area contributed by atoms with Crippen LogP contribution in [-0.4, -0.2) is 40.7 Å². The molecule has 0 amide bonds. The summed E-state index contributed by atoms with van der Waals surface area (Å²) in [6.45, 7) is 6.81. The first kappa shape index (κ1) is 16.5. The van der Waals surface area contributed by atoms with Gasteiger partial charge < -0.3 is 19.8 Å². The summed E-state index contributed by atoms with van der Waals surface area (Å²) in [4.78, 5) is 5.19. The monoisotopic (exact) mass is 303 g/mol. The average Bonchev–Trinajstić information content (AvgIpc) is 2.78. The van der Waals surface area contributed by atoms with Crippen molar-refractivity contribution in [3.05, 3.63) is 36.0 Å². The first-order valence-electron chi connectivity index (χ1n) is 7.49. The fourth-order valence-electron chi connectivity index (χ4n) is 2.18. The number of nitrogens with one attached hydrogen (secondary N) is 1. The zero-order valence-corrected chi connectivity index (χ0v) is 13.7. The van der Waals surface area contributed by atoms with Crippen LogP contribution < -0.4 is 5.32 Å². The van der Waals surface area contributed by atoms with Crippen molar-refractivity contribution in [1.29, 1.82) is 0 Å². The van der Waals surface area contributed by atoms with Crippen LogP contribution in [0.4, 0.5) is 0 Å². The third-order valence-electron chi connectivity index (χ3n) is 3.33. The molecule has 2 N–H and O–H groups in total. The van der Waals surface area contributed by atoms with Crippen molar-refractivity contribution >= 4 is 17.1 Å². The maximum atomic E-state index is 9.82. The summed E-state index contributed by atoms with van der Waals surface area (Å²) in [5.74, 6) is 0. The highest BCUT2D eigenvalue weighted by atomic mass is 16.6. The summed E-state index contributed by atoms with van der Waals surface area (Å²) in [7, 11) is 2.00. The first-order chi connectivity index (χ1) is 10.4. The maximum Gasteiger partial charge on any atom is 0.144 e. The van der Waals surface area contributed by atoms with Crippen LogP contribution in [0.15, 0.2) is 35.6 Å². The topological polar surface area (TPSA) is 58.8 Å². The summed E-state index contributed by atoms with van der Waals surface area (Å²) in [6.07, 6.45) is 3.12. The SMILES string of the molecule is Cn1cc(/C=N/OCC(O)CNC(C)(C)C)c2ccccc21. The van der Waals surface area contributed by atoms with Gasteiger partial charge in [-0.25, -0.2) is 0 Å². The number of aliphatic hydroxyl groups is 1. The van der Waals surface area contributed by atoms with E-state index in [9.17, 15) is 5.11 Å². The van der Waals surface area contributed by atoms with Gasteiger partial charge >= 0.3 is 0 Å². The number of aryl methyl sites for hydroxylation is 1. The van der Waals surface area contributed by atoms with E-state index in [0.29, 0.717) is 6.54 Å². The number of rotatable bonds is 6. The van der Waals surface area contributed by atoms with E-state index in [2.05, 4.69) is 47.9 Å². The number of para-hydroxylation sites is 1. The minimum absolute atomic E-state index is 0.0206. The van der Waals surface area contributed by atoms with Crippen molar-refractivity contribution in [2.75, 3.05) is 13.2 Å². The molecular weight excluding hydrogens is 278 g/mol. The van der Waals surface area contributed by atoms with Crippen molar-refractivity contribution in [3.8, 4) is 0 Å². The molecule has 1 atom stereocenters. The highest BCUT2D eigenvalue weighted by Crippen LogP contribution is 2.18. The Kier molecular flexibility index (Phi) is 5.21. The third kappa shape index (κ3) is 4.58. The Bertz CT molecular complexity index is 641. The van der Waals surface area contributed by atoms with Gasteiger partial charge in [0.1, 0.15) is 12.7 Å². The van der Waals surface area contributed by atoms with Crippen molar-refractivity contribution in [3.63, 3.8) is 0 Å². The van der Waals surface area contributed by atoms with Gasteiger partial charge in [-0.1, -0.05) is 23.4 Å². The van der Waals surface area contributed by atoms with E-state index in [1.165, 1.54) is 0 Å². The standard InChI is InChI=1S/C17H25N3O2/c1-17(2,3)18-10-14(21)12-22-19-9-13-11-20(4)16-8-6-5-7-15(13)16/h5-9,11,14,18,21H,10,12H2,1-4H3/b19-9+. The van der Waals surface area contributed by atoms with E-state index in [1.54, 1.807) is 6.21 Å². The van der Waals surface area contributed by atoms with Crippen LogP contribution in [0, 0.1) is 0 Å². The number of aliphatic hydroxyl groups excluding tert-OH is 1. The molecule has 5 nitrogen and oxygen atoms in total. The molecular formula is C17H25N3O2. The summed E-state index contributed by atoms with van der Waals surface area (Å²) < 4.78 is 2.05. The molecule has 0 fully saturated rings. The van der Waals surface area contributed by atoms with E-state index in [0.717, 1.165) is 16.5 Å². The van der Waals surface area contributed by atoms with Crippen LogP contribution in [-0.2, 0) is 11.9 Å². The zero-order valence-electron chi connectivity index (χ0n) is 13.7. The van der Waals surface area contributed by atoms with Gasteiger partial charge in [-0.05, 0) is 26.8 Å². The van der Waals surface area contributed by atoms with Gasteiger partial charge in [-0.3, -0.25) is 0 Å². The molecule has 1 unspecified atom stereocenters. The Morgan fingerprint density at radius 2 is 2.09 bits per heavy atom. The normalized spacial score (nSPS) is 13.9. The Hall–Kier alpha value is -1.85. The fourth-order valence-corrected chi connectivity index (χ4v) is 2.18. The lowest BCUT2D eigenvalue weighted by molar-refractivity contribution is 0.0379. The Balaban J connectivity index is 1.87. The van der Waals surface area contributed by atoms with Gasteiger partial charge in [0.25, 0.3) is 0 Å². The number of aromatic nitrogens is 1. The summed E-state index contributed by atoms with van der Waals surface area (Å²) in [6, 6.07) is 8.13. The second-order valence-electron chi connectivity index (χ2n) is 6.53. The molecule has 0 spiro atoms. The Morgan fingerprint density at radius 3 is 2.82 bits per heavy atom. The smallest absolute Gasteiger partial charge is 0.144 e. The molecule has 0 aliphatic carbocycles.